The minimum absolute atomic E-state index is 0.122. The molecule has 19 heavy (non-hydrogen) atoms. The number of halogens is 1. The molecular weight excluding hydrogens is 302 g/mol. The summed E-state index contributed by atoms with van der Waals surface area (Å²) in [5, 5.41) is 3.54. The highest BCUT2D eigenvalue weighted by Gasteiger charge is 2.16. The number of nitrogens with one attached hydrogen (secondary N) is 1. The lowest BCUT2D eigenvalue weighted by Crippen LogP contribution is -2.22. The largest absolute Gasteiger partial charge is 0.452 e. The van der Waals surface area contributed by atoms with E-state index >= 15 is 0 Å². The van der Waals surface area contributed by atoms with Gasteiger partial charge < -0.3 is 9.73 Å². The molecule has 2 nitrogen and oxygen atoms in total. The Labute approximate surface area is 123 Å². The Bertz CT molecular complexity index is 504. The quantitative estimate of drug-likeness (QED) is 0.834. The second kappa shape index (κ2) is 6.92. The third-order valence-electron chi connectivity index (χ3n) is 3.20. The van der Waals surface area contributed by atoms with Crippen molar-refractivity contribution >= 4 is 15.9 Å². The Morgan fingerprint density at radius 2 is 1.84 bits per heavy atom. The van der Waals surface area contributed by atoms with Crippen LogP contribution in [0.3, 0.4) is 0 Å². The first-order valence-electron chi connectivity index (χ1n) is 6.82. The molecule has 102 valence electrons. The van der Waals surface area contributed by atoms with Crippen LogP contribution in [0.25, 0.3) is 0 Å². The van der Waals surface area contributed by atoms with Gasteiger partial charge in [-0.05, 0) is 58.6 Å². The van der Waals surface area contributed by atoms with Gasteiger partial charge >= 0.3 is 0 Å². The lowest BCUT2D eigenvalue weighted by Gasteiger charge is -2.17. The van der Waals surface area contributed by atoms with Gasteiger partial charge in [-0.15, -0.1) is 0 Å². The molecule has 3 heteroatoms. The Balaban J connectivity index is 2.25. The average Bonchev–Trinajstić information content (AvgIpc) is 2.86. The predicted molar refractivity (Wildman–Crippen MR) is 82.4 cm³/mol. The minimum Gasteiger partial charge on any atom is -0.452 e. The van der Waals surface area contributed by atoms with Crippen LogP contribution in [0.2, 0.25) is 0 Å². The first kappa shape index (κ1) is 14.4. The van der Waals surface area contributed by atoms with Gasteiger partial charge in [0.05, 0.1) is 6.04 Å². The van der Waals surface area contributed by atoms with Crippen molar-refractivity contribution in [1.29, 1.82) is 0 Å². The van der Waals surface area contributed by atoms with Gasteiger partial charge in [0.15, 0.2) is 4.67 Å². The van der Waals surface area contributed by atoms with Crippen LogP contribution < -0.4 is 5.32 Å². The highest BCUT2D eigenvalue weighted by molar-refractivity contribution is 9.10. The second-order valence-electron chi connectivity index (χ2n) is 4.62. The molecule has 0 bridgehead atoms. The maximum absolute atomic E-state index is 5.71. The van der Waals surface area contributed by atoms with E-state index in [2.05, 4.69) is 59.4 Å². The van der Waals surface area contributed by atoms with Crippen LogP contribution in [0.1, 0.15) is 43.2 Å². The van der Waals surface area contributed by atoms with E-state index in [1.165, 1.54) is 11.1 Å². The lowest BCUT2D eigenvalue weighted by atomic mass is 10.0. The number of hydrogen-bond acceptors (Lipinski definition) is 2. The van der Waals surface area contributed by atoms with Gasteiger partial charge in [0.2, 0.25) is 0 Å². The van der Waals surface area contributed by atoms with Crippen molar-refractivity contribution in [3.63, 3.8) is 0 Å². The maximum atomic E-state index is 5.71. The molecule has 1 aromatic heterocycles. The summed E-state index contributed by atoms with van der Waals surface area (Å²) in [5.41, 5.74) is 2.60. The van der Waals surface area contributed by atoms with Crippen molar-refractivity contribution < 1.29 is 4.42 Å². The first-order chi connectivity index (χ1) is 9.24. The number of furan rings is 1. The fourth-order valence-electron chi connectivity index (χ4n) is 2.10. The monoisotopic (exact) mass is 321 g/mol. The van der Waals surface area contributed by atoms with Gasteiger partial charge in [-0.25, -0.2) is 0 Å². The molecule has 0 amide bonds. The molecule has 2 rings (SSSR count). The smallest absolute Gasteiger partial charge is 0.169 e. The molecule has 0 spiro atoms. The van der Waals surface area contributed by atoms with Gasteiger partial charge in [0.25, 0.3) is 0 Å². The molecule has 0 aliphatic carbocycles. The topological polar surface area (TPSA) is 25.2 Å². The molecule has 1 aromatic carbocycles. The summed E-state index contributed by atoms with van der Waals surface area (Å²) in [7, 11) is 0. The summed E-state index contributed by atoms with van der Waals surface area (Å²) in [6.45, 7) is 5.31. The Kier molecular flexibility index (Phi) is 5.23. The van der Waals surface area contributed by atoms with Crippen LogP contribution in [-0.2, 0) is 6.42 Å². The molecule has 1 unspecified atom stereocenters. The fourth-order valence-corrected chi connectivity index (χ4v) is 2.42. The molecule has 2 aromatic rings. The van der Waals surface area contributed by atoms with E-state index in [0.29, 0.717) is 0 Å². The van der Waals surface area contributed by atoms with Crippen molar-refractivity contribution in [2.45, 2.75) is 32.7 Å². The SMILES string of the molecule is CCCNC(c1ccc(CC)cc1)c1ccc(Br)o1. The van der Waals surface area contributed by atoms with E-state index in [0.717, 1.165) is 29.8 Å². The average molecular weight is 322 g/mol. The van der Waals surface area contributed by atoms with E-state index < -0.39 is 0 Å². The summed E-state index contributed by atoms with van der Waals surface area (Å²) >= 11 is 3.37. The van der Waals surface area contributed by atoms with Crippen molar-refractivity contribution in [2.75, 3.05) is 6.54 Å². The molecule has 0 fully saturated rings. The second-order valence-corrected chi connectivity index (χ2v) is 5.41. The van der Waals surface area contributed by atoms with E-state index in [-0.39, 0.29) is 6.04 Å². The van der Waals surface area contributed by atoms with Crippen molar-refractivity contribution in [1.82, 2.24) is 5.32 Å². The van der Waals surface area contributed by atoms with Gasteiger partial charge in [0, 0.05) is 0 Å². The van der Waals surface area contributed by atoms with Crippen molar-refractivity contribution in [3.8, 4) is 0 Å². The van der Waals surface area contributed by atoms with Crippen LogP contribution in [-0.4, -0.2) is 6.54 Å². The first-order valence-corrected chi connectivity index (χ1v) is 7.61. The van der Waals surface area contributed by atoms with Gasteiger partial charge in [-0.3, -0.25) is 0 Å². The molecule has 1 heterocycles. The summed E-state index contributed by atoms with van der Waals surface area (Å²) in [6.07, 6.45) is 2.17. The molecule has 0 radical (unpaired) electrons. The number of hydrogen-bond donors (Lipinski definition) is 1. The maximum Gasteiger partial charge on any atom is 0.169 e. The van der Waals surface area contributed by atoms with E-state index in [1.54, 1.807) is 0 Å². The normalized spacial score (nSPS) is 12.6. The standard InChI is InChI=1S/C16H20BrNO/c1-3-11-18-16(14-9-10-15(17)19-14)13-7-5-12(4-2)6-8-13/h5-10,16,18H,3-4,11H2,1-2H3. The highest BCUT2D eigenvalue weighted by Crippen LogP contribution is 2.26. The zero-order valence-corrected chi connectivity index (χ0v) is 13.0. The van der Waals surface area contributed by atoms with Gasteiger partial charge in [0.1, 0.15) is 5.76 Å². The minimum atomic E-state index is 0.122. The Morgan fingerprint density at radius 1 is 1.11 bits per heavy atom. The van der Waals surface area contributed by atoms with E-state index in [4.69, 9.17) is 4.42 Å². The van der Waals surface area contributed by atoms with Crippen molar-refractivity contribution in [2.24, 2.45) is 0 Å². The highest BCUT2D eigenvalue weighted by atomic mass is 79.9. The summed E-state index contributed by atoms with van der Waals surface area (Å²) < 4.78 is 6.48. The van der Waals surface area contributed by atoms with E-state index in [9.17, 15) is 0 Å². The fraction of sp³-hybridized carbons (Fsp3) is 0.375. The number of rotatable bonds is 6. The number of aryl methyl sites for hydroxylation is 1. The van der Waals surface area contributed by atoms with Gasteiger partial charge in [-0.2, -0.15) is 0 Å². The molecule has 1 atom stereocenters. The zero-order chi connectivity index (χ0) is 13.7. The molecule has 0 saturated heterocycles. The predicted octanol–water partition coefficient (Wildman–Crippen LogP) is 4.69. The Hall–Kier alpha value is -1.06. The van der Waals surface area contributed by atoms with Crippen LogP contribution in [0.15, 0.2) is 45.5 Å². The van der Waals surface area contributed by atoms with Gasteiger partial charge in [-0.1, -0.05) is 38.1 Å². The molecule has 1 N–H and O–H groups in total. The third-order valence-corrected chi connectivity index (χ3v) is 3.62. The van der Waals surface area contributed by atoms with Crippen LogP contribution in [0.4, 0.5) is 0 Å². The summed E-state index contributed by atoms with van der Waals surface area (Å²) in [6, 6.07) is 12.8. The lowest BCUT2D eigenvalue weighted by molar-refractivity contribution is 0.433. The van der Waals surface area contributed by atoms with E-state index in [1.807, 2.05) is 12.1 Å². The molecular formula is C16H20BrNO. The Morgan fingerprint density at radius 3 is 2.37 bits per heavy atom. The van der Waals surface area contributed by atoms with Crippen LogP contribution >= 0.6 is 15.9 Å². The molecule has 0 aliphatic rings. The third kappa shape index (κ3) is 3.71. The summed E-state index contributed by atoms with van der Waals surface area (Å²) in [5.74, 6) is 0.949. The zero-order valence-electron chi connectivity index (χ0n) is 11.4. The number of benzene rings is 1. The molecule has 0 saturated carbocycles. The van der Waals surface area contributed by atoms with Crippen LogP contribution in [0.5, 0.6) is 0 Å². The summed E-state index contributed by atoms with van der Waals surface area (Å²) in [4.78, 5) is 0. The van der Waals surface area contributed by atoms with Crippen LogP contribution in [0, 0.1) is 0 Å². The molecule has 0 aliphatic heterocycles. The van der Waals surface area contributed by atoms with Crippen molar-refractivity contribution in [3.05, 3.63) is 58.0 Å².